The zero-order valence-corrected chi connectivity index (χ0v) is 21.7. The fourth-order valence-corrected chi connectivity index (χ4v) is 12.8. The van der Waals surface area contributed by atoms with Gasteiger partial charge in [0.15, 0.2) is 0 Å². The molecule has 5 rings (SSSR count). The molecule has 1 atom stereocenters. The summed E-state index contributed by atoms with van der Waals surface area (Å²) < 4.78 is 18.6. The second-order valence-electron chi connectivity index (χ2n) is 9.23. The van der Waals surface area contributed by atoms with Crippen molar-refractivity contribution in [2.24, 2.45) is 0 Å². The summed E-state index contributed by atoms with van der Waals surface area (Å²) >= 11 is 0. The molecule has 0 amide bonds. The number of ether oxygens (including phenoxy) is 2. The first-order valence-corrected chi connectivity index (χ1v) is 14.6. The summed E-state index contributed by atoms with van der Waals surface area (Å²) in [7, 11) is 3.40. The third kappa shape index (κ3) is 3.19. The Morgan fingerprint density at radius 1 is 0.657 bits per heavy atom. The van der Waals surface area contributed by atoms with Gasteiger partial charge >= 0.3 is 209 Å². The van der Waals surface area contributed by atoms with Crippen LogP contribution in [0.1, 0.15) is 25.0 Å². The summed E-state index contributed by atoms with van der Waals surface area (Å²) in [5, 5.41) is 2.61. The Balaban J connectivity index is 1.79. The van der Waals surface area contributed by atoms with E-state index in [9.17, 15) is 0 Å². The molecule has 0 spiro atoms. The normalized spacial score (nSPS) is 20.6. The van der Waals surface area contributed by atoms with Crippen LogP contribution in [0.25, 0.3) is 0 Å². The summed E-state index contributed by atoms with van der Waals surface area (Å²) in [5.41, 5.74) is 1.87. The fraction of sp³-hybridized carbons (Fsp3) is 0.226. The molecule has 0 aliphatic carbocycles. The Bertz CT molecular complexity index is 1200. The quantitative estimate of drug-likeness (QED) is 0.280. The van der Waals surface area contributed by atoms with E-state index in [0.29, 0.717) is 0 Å². The molecular weight excluding hydrogens is 451 g/mol. The SMILES string of the molecule is CCP1(c2ccccc2)(c2ccccc2)OC(c2ccc(OC)cc2)(c2ccc(OC)cc2)[C@@H]1C. The van der Waals surface area contributed by atoms with Crippen molar-refractivity contribution in [3.63, 3.8) is 0 Å². The maximum absolute atomic E-state index is 7.70. The van der Waals surface area contributed by atoms with Gasteiger partial charge in [-0.2, -0.15) is 0 Å². The van der Waals surface area contributed by atoms with Crippen molar-refractivity contribution < 1.29 is 14.0 Å². The molecule has 4 aromatic carbocycles. The average molecular weight is 485 g/mol. The monoisotopic (exact) mass is 484 g/mol. The molecule has 0 unspecified atom stereocenters. The third-order valence-electron chi connectivity index (χ3n) is 8.07. The first kappa shape index (κ1) is 23.6. The number of rotatable bonds is 7. The zero-order chi connectivity index (χ0) is 24.5. The molecule has 0 bridgehead atoms. The topological polar surface area (TPSA) is 27.7 Å². The van der Waals surface area contributed by atoms with Crippen LogP contribution in [-0.4, -0.2) is 26.0 Å². The van der Waals surface area contributed by atoms with E-state index in [4.69, 9.17) is 14.0 Å². The number of hydrogen-bond acceptors (Lipinski definition) is 3. The molecule has 4 aromatic rings. The van der Waals surface area contributed by atoms with Crippen LogP contribution in [0.15, 0.2) is 109 Å². The summed E-state index contributed by atoms with van der Waals surface area (Å²) in [5.74, 6) is 1.68. The van der Waals surface area contributed by atoms with Crippen molar-refractivity contribution in [3.05, 3.63) is 120 Å². The van der Waals surface area contributed by atoms with Crippen molar-refractivity contribution in [3.8, 4) is 11.5 Å². The molecule has 1 fully saturated rings. The van der Waals surface area contributed by atoms with Gasteiger partial charge in [0.2, 0.25) is 0 Å². The van der Waals surface area contributed by atoms with E-state index >= 15 is 0 Å². The molecule has 3 nitrogen and oxygen atoms in total. The van der Waals surface area contributed by atoms with Gasteiger partial charge in [0.1, 0.15) is 0 Å². The van der Waals surface area contributed by atoms with Crippen LogP contribution in [-0.2, 0) is 10.1 Å². The number of methoxy groups -OCH3 is 2. The number of hydrogen-bond donors (Lipinski definition) is 0. The van der Waals surface area contributed by atoms with E-state index in [1.54, 1.807) is 14.2 Å². The van der Waals surface area contributed by atoms with Gasteiger partial charge in [0.25, 0.3) is 0 Å². The van der Waals surface area contributed by atoms with E-state index in [2.05, 4.69) is 98.8 Å². The Kier molecular flexibility index (Phi) is 5.95. The molecule has 180 valence electrons. The second-order valence-corrected chi connectivity index (χ2v) is 14.4. The summed E-state index contributed by atoms with van der Waals surface area (Å²) in [6.07, 6.45) is 0.925. The van der Waals surface area contributed by atoms with Crippen LogP contribution in [0.4, 0.5) is 0 Å². The molecule has 1 aliphatic rings. The Morgan fingerprint density at radius 2 is 1.06 bits per heavy atom. The first-order valence-electron chi connectivity index (χ1n) is 12.2. The van der Waals surface area contributed by atoms with Gasteiger partial charge in [-0.25, -0.2) is 0 Å². The molecule has 0 saturated carbocycles. The standard InChI is InChI=1S/C31H33O3P/c1-5-35(29-12-8-6-9-13-29,30-14-10-7-11-15-30)24(2)31(34-35,25-16-20-27(32-3)21-17-25)26-18-22-28(33-4)23-19-26/h6-24H,5H2,1-4H3/t24-/m0/s1. The predicted molar refractivity (Wildman–Crippen MR) is 147 cm³/mol. The van der Waals surface area contributed by atoms with Crippen LogP contribution >= 0.6 is 6.83 Å². The second kappa shape index (κ2) is 8.82. The van der Waals surface area contributed by atoms with Crippen LogP contribution in [0, 0.1) is 0 Å². The van der Waals surface area contributed by atoms with E-state index in [0.717, 1.165) is 28.8 Å². The van der Waals surface area contributed by atoms with Crippen molar-refractivity contribution >= 4 is 17.4 Å². The van der Waals surface area contributed by atoms with E-state index in [1.807, 2.05) is 24.3 Å². The Labute approximate surface area is 208 Å². The maximum atomic E-state index is 7.70. The zero-order valence-electron chi connectivity index (χ0n) is 20.8. The molecule has 0 radical (unpaired) electrons. The predicted octanol–water partition coefficient (Wildman–Crippen LogP) is 6.51. The van der Waals surface area contributed by atoms with Gasteiger partial charge in [-0.3, -0.25) is 0 Å². The molecule has 35 heavy (non-hydrogen) atoms. The molecule has 1 heterocycles. The molecule has 4 heteroatoms. The van der Waals surface area contributed by atoms with Crippen molar-refractivity contribution in [2.45, 2.75) is 25.1 Å². The van der Waals surface area contributed by atoms with E-state index < -0.39 is 12.4 Å². The average Bonchev–Trinajstić information content (AvgIpc) is 2.95. The molecule has 1 aliphatic heterocycles. The molecular formula is C31H33O3P. The van der Waals surface area contributed by atoms with Gasteiger partial charge in [-0.1, -0.05) is 0 Å². The molecule has 1 saturated heterocycles. The molecule has 0 aromatic heterocycles. The first-order chi connectivity index (χ1) is 17.0. The van der Waals surface area contributed by atoms with Gasteiger partial charge in [-0.05, 0) is 0 Å². The third-order valence-corrected chi connectivity index (χ3v) is 14.9. The van der Waals surface area contributed by atoms with Gasteiger partial charge in [0, 0.05) is 0 Å². The molecule has 0 N–H and O–H groups in total. The minimum atomic E-state index is -3.04. The summed E-state index contributed by atoms with van der Waals surface area (Å²) in [6, 6.07) is 38.5. The Hall–Kier alpha value is -3.13. The van der Waals surface area contributed by atoms with Gasteiger partial charge in [-0.15, -0.1) is 0 Å². The van der Waals surface area contributed by atoms with Crippen molar-refractivity contribution in [2.75, 3.05) is 20.4 Å². The van der Waals surface area contributed by atoms with E-state index in [-0.39, 0.29) is 5.66 Å². The van der Waals surface area contributed by atoms with Crippen LogP contribution < -0.4 is 20.1 Å². The van der Waals surface area contributed by atoms with Crippen molar-refractivity contribution in [1.82, 2.24) is 0 Å². The van der Waals surface area contributed by atoms with Crippen molar-refractivity contribution in [1.29, 1.82) is 0 Å². The van der Waals surface area contributed by atoms with Crippen LogP contribution in [0.2, 0.25) is 0 Å². The minimum absolute atomic E-state index is 0.199. The summed E-state index contributed by atoms with van der Waals surface area (Å²) in [6.45, 7) is 1.64. The number of benzene rings is 4. The summed E-state index contributed by atoms with van der Waals surface area (Å²) in [4.78, 5) is 0. The fourth-order valence-electron chi connectivity index (χ4n) is 6.17. The van der Waals surface area contributed by atoms with Gasteiger partial charge < -0.3 is 0 Å². The van der Waals surface area contributed by atoms with Crippen LogP contribution in [0.5, 0.6) is 11.5 Å². The van der Waals surface area contributed by atoms with E-state index in [1.165, 1.54) is 10.6 Å². The van der Waals surface area contributed by atoms with Gasteiger partial charge in [0.05, 0.1) is 0 Å². The Morgan fingerprint density at radius 3 is 1.37 bits per heavy atom. The van der Waals surface area contributed by atoms with Crippen LogP contribution in [0.3, 0.4) is 0 Å².